The first-order chi connectivity index (χ1) is 22.0. The summed E-state index contributed by atoms with van der Waals surface area (Å²) in [7, 11) is -4.40. The lowest BCUT2D eigenvalue weighted by Gasteiger charge is -2.34. The molecule has 0 fully saturated rings. The van der Waals surface area contributed by atoms with Crippen LogP contribution in [0.5, 0.6) is 5.75 Å². The molecule has 4 rings (SSSR count). The van der Waals surface area contributed by atoms with Crippen LogP contribution in [-0.4, -0.2) is 50.4 Å². The van der Waals surface area contributed by atoms with E-state index in [2.05, 4.69) is 5.32 Å². The molecule has 1 unspecified atom stereocenters. The van der Waals surface area contributed by atoms with E-state index in [-0.39, 0.29) is 35.2 Å². The summed E-state index contributed by atoms with van der Waals surface area (Å²) in [5, 5.41) is 2.85. The van der Waals surface area contributed by atoms with Crippen LogP contribution < -0.4 is 14.4 Å². The van der Waals surface area contributed by atoms with Crippen molar-refractivity contribution < 1.29 is 31.5 Å². The summed E-state index contributed by atoms with van der Waals surface area (Å²) in [6.07, 6.45) is 0.0851. The molecule has 0 saturated carbocycles. The molecule has 2 amide bonds. The lowest BCUT2D eigenvalue weighted by molar-refractivity contribution is -0.140. The second-order valence-electron chi connectivity index (χ2n) is 10.9. The molecule has 4 aromatic carbocycles. The molecule has 0 radical (unpaired) electrons. The minimum Gasteiger partial charge on any atom is -0.494 e. The van der Waals surface area contributed by atoms with Gasteiger partial charge in [0.2, 0.25) is 11.8 Å². The first-order valence-electron chi connectivity index (χ1n) is 14.9. The Morgan fingerprint density at radius 1 is 0.848 bits per heavy atom. The van der Waals surface area contributed by atoms with Crippen molar-refractivity contribution in [2.75, 3.05) is 17.5 Å². The highest BCUT2D eigenvalue weighted by Crippen LogP contribution is 2.27. The quantitative estimate of drug-likeness (QED) is 0.189. The summed E-state index contributed by atoms with van der Waals surface area (Å²) in [6.45, 7) is 4.67. The van der Waals surface area contributed by atoms with Gasteiger partial charge in [-0.2, -0.15) is 0 Å². The Hall–Kier alpha value is -4.77. The highest BCUT2D eigenvalue weighted by atomic mass is 32.2. The Morgan fingerprint density at radius 2 is 1.48 bits per heavy atom. The first-order valence-corrected chi connectivity index (χ1v) is 16.3. The molecule has 0 aliphatic carbocycles. The van der Waals surface area contributed by atoms with Gasteiger partial charge in [0.05, 0.1) is 17.2 Å². The van der Waals surface area contributed by atoms with E-state index >= 15 is 0 Å². The Bertz CT molecular complexity index is 1720. The van der Waals surface area contributed by atoms with Crippen molar-refractivity contribution >= 4 is 27.5 Å². The Morgan fingerprint density at radius 3 is 2.09 bits per heavy atom. The van der Waals surface area contributed by atoms with Crippen molar-refractivity contribution in [3.05, 3.63) is 126 Å². The molecule has 1 atom stereocenters. The molecule has 0 aromatic heterocycles. The van der Waals surface area contributed by atoms with Crippen LogP contribution >= 0.6 is 0 Å². The molecule has 0 bridgehead atoms. The van der Waals surface area contributed by atoms with Gasteiger partial charge in [0.15, 0.2) is 0 Å². The highest BCUT2D eigenvalue weighted by molar-refractivity contribution is 7.92. The number of nitrogens with zero attached hydrogens (tertiary/aromatic N) is 2. The zero-order valence-corrected chi connectivity index (χ0v) is 26.7. The van der Waals surface area contributed by atoms with Crippen LogP contribution in [0, 0.1) is 11.6 Å². The number of halogens is 2. The second-order valence-corrected chi connectivity index (χ2v) is 12.7. The SMILES string of the molecule is CCOc1ccc(S(=O)(=O)N(CC(=O)N(Cc2ccccc2F)C(Cc2ccccc2)C(=O)NC(C)C)c2ccc(F)cc2)cc1. The van der Waals surface area contributed by atoms with Crippen LogP contribution in [0.25, 0.3) is 0 Å². The third-order valence-electron chi connectivity index (χ3n) is 7.12. The van der Waals surface area contributed by atoms with Crippen LogP contribution in [0.4, 0.5) is 14.5 Å². The van der Waals surface area contributed by atoms with Crippen LogP contribution in [0.3, 0.4) is 0 Å². The summed E-state index contributed by atoms with van der Waals surface area (Å²) in [5.41, 5.74) is 0.921. The number of hydrogen-bond acceptors (Lipinski definition) is 5. The maximum atomic E-state index is 15.0. The largest absolute Gasteiger partial charge is 0.494 e. The zero-order valence-electron chi connectivity index (χ0n) is 25.9. The smallest absolute Gasteiger partial charge is 0.264 e. The number of carbonyl (C=O) groups excluding carboxylic acids is 2. The average molecular weight is 650 g/mol. The number of rotatable bonds is 14. The van der Waals surface area contributed by atoms with Gasteiger partial charge in [-0.3, -0.25) is 13.9 Å². The van der Waals surface area contributed by atoms with E-state index < -0.39 is 46.1 Å². The molecule has 0 aliphatic rings. The van der Waals surface area contributed by atoms with E-state index in [1.165, 1.54) is 59.5 Å². The second kappa shape index (κ2) is 15.5. The maximum Gasteiger partial charge on any atom is 0.264 e. The molecule has 0 aliphatic heterocycles. The summed E-state index contributed by atoms with van der Waals surface area (Å²) in [4.78, 5) is 29.1. The summed E-state index contributed by atoms with van der Waals surface area (Å²) < 4.78 is 63.4. The van der Waals surface area contributed by atoms with E-state index in [1.807, 2.05) is 18.2 Å². The molecular weight excluding hydrogens is 612 g/mol. The third-order valence-corrected chi connectivity index (χ3v) is 8.90. The van der Waals surface area contributed by atoms with E-state index in [4.69, 9.17) is 4.74 Å². The monoisotopic (exact) mass is 649 g/mol. The van der Waals surface area contributed by atoms with E-state index in [9.17, 15) is 26.8 Å². The standard InChI is InChI=1S/C35H37F2N3O5S/c1-4-45-30-18-20-31(21-19-30)46(43,44)40(29-16-14-28(36)15-17-29)24-34(41)39(23-27-12-8-9-13-32(27)37)33(35(42)38-25(2)3)22-26-10-6-5-7-11-26/h5-21,25,33H,4,22-24H2,1-3H3,(H,38,42). The third kappa shape index (κ3) is 8.69. The van der Waals surface area contributed by atoms with Gasteiger partial charge in [0.25, 0.3) is 10.0 Å². The van der Waals surface area contributed by atoms with Gasteiger partial charge in [-0.25, -0.2) is 17.2 Å². The average Bonchev–Trinajstić information content (AvgIpc) is 3.03. The number of anilines is 1. The molecule has 242 valence electrons. The fourth-order valence-electron chi connectivity index (χ4n) is 4.88. The fourth-order valence-corrected chi connectivity index (χ4v) is 6.30. The summed E-state index contributed by atoms with van der Waals surface area (Å²) in [6, 6.07) is 23.9. The highest BCUT2D eigenvalue weighted by Gasteiger charge is 2.35. The zero-order chi connectivity index (χ0) is 33.3. The molecule has 8 nitrogen and oxygen atoms in total. The number of sulfonamides is 1. The van der Waals surface area contributed by atoms with Gasteiger partial charge in [0, 0.05) is 24.6 Å². The first kappa shape index (κ1) is 34.1. The van der Waals surface area contributed by atoms with Gasteiger partial charge in [0.1, 0.15) is 30.0 Å². The number of benzene rings is 4. The van der Waals surface area contributed by atoms with Crippen molar-refractivity contribution in [2.45, 2.75) is 50.7 Å². The van der Waals surface area contributed by atoms with Crippen molar-refractivity contribution in [1.82, 2.24) is 10.2 Å². The van der Waals surface area contributed by atoms with E-state index in [0.29, 0.717) is 12.4 Å². The lowest BCUT2D eigenvalue weighted by atomic mass is 10.0. The van der Waals surface area contributed by atoms with Gasteiger partial charge >= 0.3 is 0 Å². The van der Waals surface area contributed by atoms with Crippen molar-refractivity contribution in [3.8, 4) is 5.75 Å². The summed E-state index contributed by atoms with van der Waals surface area (Å²) >= 11 is 0. The normalized spacial score (nSPS) is 12.0. The molecular formula is C35H37F2N3O5S. The molecule has 11 heteroatoms. The topological polar surface area (TPSA) is 96.0 Å². The molecule has 0 saturated heterocycles. The minimum absolute atomic E-state index is 0.0284. The predicted octanol–water partition coefficient (Wildman–Crippen LogP) is 5.72. The number of ether oxygens (including phenoxy) is 1. The number of amides is 2. The van der Waals surface area contributed by atoms with Crippen LogP contribution in [0.15, 0.2) is 108 Å². The van der Waals surface area contributed by atoms with Crippen LogP contribution in [0.2, 0.25) is 0 Å². The van der Waals surface area contributed by atoms with Gasteiger partial charge in [-0.05, 0) is 80.9 Å². The van der Waals surface area contributed by atoms with E-state index in [1.54, 1.807) is 39.0 Å². The molecule has 46 heavy (non-hydrogen) atoms. The van der Waals surface area contributed by atoms with Crippen molar-refractivity contribution in [1.29, 1.82) is 0 Å². The lowest BCUT2D eigenvalue weighted by Crippen LogP contribution is -2.54. The molecule has 4 aromatic rings. The van der Waals surface area contributed by atoms with Crippen LogP contribution in [0.1, 0.15) is 31.9 Å². The van der Waals surface area contributed by atoms with Crippen LogP contribution in [-0.2, 0) is 32.6 Å². The number of hydrogen-bond donors (Lipinski definition) is 1. The Labute approximate surface area is 268 Å². The van der Waals surface area contributed by atoms with Crippen molar-refractivity contribution in [3.63, 3.8) is 0 Å². The molecule has 1 N–H and O–H groups in total. The predicted molar refractivity (Wildman–Crippen MR) is 173 cm³/mol. The van der Waals surface area contributed by atoms with Crippen molar-refractivity contribution in [2.24, 2.45) is 0 Å². The minimum atomic E-state index is -4.40. The Kier molecular flexibility index (Phi) is 11.5. The Balaban J connectivity index is 1.80. The van der Waals surface area contributed by atoms with Gasteiger partial charge in [-0.1, -0.05) is 48.5 Å². The molecule has 0 spiro atoms. The summed E-state index contributed by atoms with van der Waals surface area (Å²) in [5.74, 6) is -1.96. The van der Waals surface area contributed by atoms with E-state index in [0.717, 1.165) is 22.0 Å². The molecule has 0 heterocycles. The van der Waals surface area contributed by atoms with Gasteiger partial charge < -0.3 is 15.0 Å². The number of carbonyl (C=O) groups is 2. The maximum absolute atomic E-state index is 15.0. The van der Waals surface area contributed by atoms with Gasteiger partial charge in [-0.15, -0.1) is 0 Å². The number of nitrogens with one attached hydrogen (secondary N) is 1. The fraction of sp³-hybridized carbons (Fsp3) is 0.257.